The third kappa shape index (κ3) is 3.95. The average Bonchev–Trinajstić information content (AvgIpc) is 2.93. The molecule has 1 heterocycles. The number of carbonyl (C=O) groups excluding carboxylic acids is 1. The van der Waals surface area contributed by atoms with Crippen molar-refractivity contribution in [3.05, 3.63) is 53.6 Å². The van der Waals surface area contributed by atoms with Gasteiger partial charge in [-0.05, 0) is 63.8 Å². The minimum Gasteiger partial charge on any atom is -0.494 e. The number of alkyl halides is 1. The van der Waals surface area contributed by atoms with Crippen molar-refractivity contribution in [2.24, 2.45) is 0 Å². The lowest BCUT2D eigenvalue weighted by Gasteiger charge is -2.41. The van der Waals surface area contributed by atoms with Crippen LogP contribution in [-0.2, 0) is 4.74 Å². The van der Waals surface area contributed by atoms with E-state index in [1.54, 1.807) is 26.0 Å². The van der Waals surface area contributed by atoms with Gasteiger partial charge in [0.25, 0.3) is 0 Å². The molecule has 2 unspecified atom stereocenters. The van der Waals surface area contributed by atoms with E-state index in [0.29, 0.717) is 18.3 Å². The van der Waals surface area contributed by atoms with Gasteiger partial charge in [-0.3, -0.25) is 5.32 Å². The number of benzene rings is 2. The van der Waals surface area contributed by atoms with E-state index < -0.39 is 12.3 Å². The van der Waals surface area contributed by atoms with E-state index >= 15 is 4.39 Å². The standard InChI is InChI=1S/C24H29FN2O3/c1-4-29-19-12-13-20-21(14-19)27(18-6-5-7-18)23(22(20)25)16-8-10-17(11-9-16)26-24(28)30-15(2)3/h8-15,18,22-23H,4-7H2,1-3H3,(H,26,28). The molecule has 2 atom stereocenters. The monoisotopic (exact) mass is 412 g/mol. The van der Waals surface area contributed by atoms with Crippen molar-refractivity contribution in [1.29, 1.82) is 0 Å². The number of ether oxygens (including phenoxy) is 2. The van der Waals surface area contributed by atoms with E-state index in [0.717, 1.165) is 35.4 Å². The Hall–Kier alpha value is -2.76. The number of amides is 1. The molecule has 1 aliphatic carbocycles. The molecular formula is C24H29FN2O3. The third-order valence-electron chi connectivity index (χ3n) is 5.77. The summed E-state index contributed by atoms with van der Waals surface area (Å²) in [6.45, 7) is 6.13. The number of carbonyl (C=O) groups is 1. The number of hydrogen-bond acceptors (Lipinski definition) is 4. The Morgan fingerprint density at radius 1 is 1.20 bits per heavy atom. The molecule has 0 saturated heterocycles. The first-order valence-electron chi connectivity index (χ1n) is 10.7. The molecule has 30 heavy (non-hydrogen) atoms. The number of fused-ring (bicyclic) bond motifs is 1. The van der Waals surface area contributed by atoms with Crippen molar-refractivity contribution in [2.75, 3.05) is 16.8 Å². The molecule has 6 heteroatoms. The molecule has 2 aromatic carbocycles. The van der Waals surface area contributed by atoms with Crippen LogP contribution in [0, 0.1) is 0 Å². The summed E-state index contributed by atoms with van der Waals surface area (Å²) in [6, 6.07) is 13.0. The molecule has 5 nitrogen and oxygen atoms in total. The number of halogens is 1. The first-order chi connectivity index (χ1) is 14.5. The second kappa shape index (κ2) is 8.54. The smallest absolute Gasteiger partial charge is 0.411 e. The van der Waals surface area contributed by atoms with Gasteiger partial charge in [-0.2, -0.15) is 0 Å². The van der Waals surface area contributed by atoms with Crippen LogP contribution >= 0.6 is 0 Å². The molecule has 2 aromatic rings. The van der Waals surface area contributed by atoms with Crippen LogP contribution in [0.4, 0.5) is 20.6 Å². The zero-order chi connectivity index (χ0) is 21.3. The number of anilines is 2. The third-order valence-corrected chi connectivity index (χ3v) is 5.77. The summed E-state index contributed by atoms with van der Waals surface area (Å²) in [5.41, 5.74) is 3.18. The van der Waals surface area contributed by atoms with Gasteiger partial charge in [0.05, 0.1) is 18.8 Å². The summed E-state index contributed by atoms with van der Waals surface area (Å²) in [4.78, 5) is 14.1. The lowest BCUT2D eigenvalue weighted by molar-refractivity contribution is 0.130. The average molecular weight is 413 g/mol. The van der Waals surface area contributed by atoms with Crippen LogP contribution < -0.4 is 15.0 Å². The normalized spacial score (nSPS) is 20.6. The van der Waals surface area contributed by atoms with E-state index in [1.807, 2.05) is 37.3 Å². The number of rotatable bonds is 6. The van der Waals surface area contributed by atoms with Crippen molar-refractivity contribution in [1.82, 2.24) is 0 Å². The highest BCUT2D eigenvalue weighted by atomic mass is 19.1. The molecule has 0 radical (unpaired) electrons. The summed E-state index contributed by atoms with van der Waals surface area (Å²) >= 11 is 0. The molecular weight excluding hydrogens is 383 g/mol. The Balaban J connectivity index is 1.60. The Morgan fingerprint density at radius 3 is 2.53 bits per heavy atom. The van der Waals surface area contributed by atoms with E-state index in [-0.39, 0.29) is 12.1 Å². The number of hydrogen-bond donors (Lipinski definition) is 1. The van der Waals surface area contributed by atoms with Gasteiger partial charge in [-0.1, -0.05) is 18.2 Å². The summed E-state index contributed by atoms with van der Waals surface area (Å²) in [5, 5.41) is 2.71. The highest BCUT2D eigenvalue weighted by Crippen LogP contribution is 2.53. The van der Waals surface area contributed by atoms with E-state index in [1.165, 1.54) is 6.42 Å². The lowest BCUT2D eigenvalue weighted by Crippen LogP contribution is -2.41. The molecule has 1 saturated carbocycles. The Kier molecular flexibility index (Phi) is 5.84. The summed E-state index contributed by atoms with van der Waals surface area (Å²) in [6.07, 6.45) is 1.53. The van der Waals surface area contributed by atoms with Crippen molar-refractivity contribution in [2.45, 2.75) is 64.4 Å². The van der Waals surface area contributed by atoms with Crippen molar-refractivity contribution >= 4 is 17.5 Å². The SMILES string of the molecule is CCOc1ccc2c(c1)N(C1CCC1)C(c1ccc(NC(=O)OC(C)C)cc1)C2F. The molecule has 2 aliphatic rings. The molecule has 160 valence electrons. The van der Waals surface area contributed by atoms with E-state index in [4.69, 9.17) is 9.47 Å². The molecule has 0 bridgehead atoms. The van der Waals surface area contributed by atoms with Gasteiger partial charge in [0.15, 0.2) is 6.17 Å². The maximum Gasteiger partial charge on any atom is 0.411 e. The Labute approximate surface area is 177 Å². The number of nitrogens with one attached hydrogen (secondary N) is 1. The van der Waals surface area contributed by atoms with Crippen LogP contribution in [0.3, 0.4) is 0 Å². The first-order valence-corrected chi connectivity index (χ1v) is 10.7. The Morgan fingerprint density at radius 2 is 1.93 bits per heavy atom. The predicted molar refractivity (Wildman–Crippen MR) is 116 cm³/mol. The van der Waals surface area contributed by atoms with Crippen molar-refractivity contribution in [3.63, 3.8) is 0 Å². The molecule has 1 N–H and O–H groups in total. The first kappa shape index (κ1) is 20.5. The maximum atomic E-state index is 15.6. The minimum absolute atomic E-state index is 0.189. The predicted octanol–water partition coefficient (Wildman–Crippen LogP) is 6.17. The van der Waals surface area contributed by atoms with Crippen LogP contribution in [0.25, 0.3) is 0 Å². The van der Waals surface area contributed by atoms with Gasteiger partial charge in [-0.25, -0.2) is 9.18 Å². The Bertz CT molecular complexity index is 896. The highest BCUT2D eigenvalue weighted by molar-refractivity contribution is 5.84. The topological polar surface area (TPSA) is 50.8 Å². The second-order valence-corrected chi connectivity index (χ2v) is 8.19. The van der Waals surface area contributed by atoms with Crippen LogP contribution in [0.5, 0.6) is 5.75 Å². The fourth-order valence-corrected chi connectivity index (χ4v) is 4.24. The largest absolute Gasteiger partial charge is 0.494 e. The number of nitrogens with zero attached hydrogens (tertiary/aromatic N) is 1. The van der Waals surface area contributed by atoms with Crippen LogP contribution in [0.15, 0.2) is 42.5 Å². The molecule has 1 amide bonds. The minimum atomic E-state index is -1.11. The van der Waals surface area contributed by atoms with Gasteiger partial charge in [0.1, 0.15) is 5.75 Å². The van der Waals surface area contributed by atoms with E-state index in [2.05, 4.69) is 10.2 Å². The maximum absolute atomic E-state index is 15.6. The zero-order valence-corrected chi connectivity index (χ0v) is 17.7. The van der Waals surface area contributed by atoms with Gasteiger partial charge >= 0.3 is 6.09 Å². The molecule has 1 aliphatic heterocycles. The summed E-state index contributed by atoms with van der Waals surface area (Å²) < 4.78 is 26.4. The van der Waals surface area contributed by atoms with Gasteiger partial charge in [-0.15, -0.1) is 0 Å². The van der Waals surface area contributed by atoms with Crippen LogP contribution in [0.2, 0.25) is 0 Å². The molecule has 0 spiro atoms. The highest BCUT2D eigenvalue weighted by Gasteiger charge is 2.44. The molecule has 0 aromatic heterocycles. The van der Waals surface area contributed by atoms with Crippen LogP contribution in [-0.4, -0.2) is 24.8 Å². The molecule has 4 rings (SSSR count). The summed E-state index contributed by atoms with van der Waals surface area (Å²) in [5.74, 6) is 0.775. The van der Waals surface area contributed by atoms with Crippen molar-refractivity contribution < 1.29 is 18.7 Å². The fourth-order valence-electron chi connectivity index (χ4n) is 4.24. The van der Waals surface area contributed by atoms with Gasteiger partial charge < -0.3 is 14.4 Å². The van der Waals surface area contributed by atoms with Gasteiger partial charge in [0, 0.05) is 29.0 Å². The quantitative estimate of drug-likeness (QED) is 0.617. The fraction of sp³-hybridized carbons (Fsp3) is 0.458. The molecule has 1 fully saturated rings. The summed E-state index contributed by atoms with van der Waals surface area (Å²) in [7, 11) is 0. The lowest BCUT2D eigenvalue weighted by atomic mass is 9.89. The van der Waals surface area contributed by atoms with E-state index in [9.17, 15) is 4.79 Å². The zero-order valence-electron chi connectivity index (χ0n) is 17.7. The second-order valence-electron chi connectivity index (χ2n) is 8.19. The van der Waals surface area contributed by atoms with Crippen molar-refractivity contribution in [3.8, 4) is 5.75 Å². The van der Waals surface area contributed by atoms with Crippen LogP contribution in [0.1, 0.15) is 63.4 Å². The van der Waals surface area contributed by atoms with Gasteiger partial charge in [0.2, 0.25) is 0 Å².